The van der Waals surface area contributed by atoms with Gasteiger partial charge in [0, 0.05) is 44.4 Å². The maximum Gasteiger partial charge on any atom is 0.245 e. The standard InChI is InChI=1S/C17H22N4O2S/c1-13-10-14(20(2)3)11-16(19-13)17-7-5-9-21(17)24(22,23)15-6-4-8-18-12-15/h4,6,8,10-12,17H,5,7,9H2,1-3H3/t17-/m1/s1. The third-order valence-corrected chi connectivity index (χ3v) is 6.15. The monoisotopic (exact) mass is 346 g/mol. The first kappa shape index (κ1) is 16.9. The zero-order valence-electron chi connectivity index (χ0n) is 14.2. The molecule has 0 bridgehead atoms. The summed E-state index contributed by atoms with van der Waals surface area (Å²) in [4.78, 5) is 10.8. The van der Waals surface area contributed by atoms with Gasteiger partial charge in [0.1, 0.15) is 4.90 Å². The first-order valence-corrected chi connectivity index (χ1v) is 9.41. The quantitative estimate of drug-likeness (QED) is 0.850. The van der Waals surface area contributed by atoms with Gasteiger partial charge in [-0.15, -0.1) is 0 Å². The van der Waals surface area contributed by atoms with Gasteiger partial charge in [-0.2, -0.15) is 4.31 Å². The van der Waals surface area contributed by atoms with Crippen molar-refractivity contribution in [1.29, 1.82) is 0 Å². The Hall–Kier alpha value is -1.99. The normalized spacial score (nSPS) is 18.7. The van der Waals surface area contributed by atoms with E-state index in [-0.39, 0.29) is 10.9 Å². The fourth-order valence-corrected chi connectivity index (χ4v) is 4.70. The molecule has 2 aromatic heterocycles. The first-order chi connectivity index (χ1) is 11.4. The Morgan fingerprint density at radius 1 is 1.29 bits per heavy atom. The van der Waals surface area contributed by atoms with Crippen LogP contribution in [0.4, 0.5) is 5.69 Å². The number of rotatable bonds is 4. The van der Waals surface area contributed by atoms with Crippen LogP contribution in [0, 0.1) is 6.92 Å². The molecule has 0 unspecified atom stereocenters. The number of hydrogen-bond acceptors (Lipinski definition) is 5. The minimum absolute atomic E-state index is 0.228. The Morgan fingerprint density at radius 2 is 2.08 bits per heavy atom. The van der Waals surface area contributed by atoms with Gasteiger partial charge in [0.2, 0.25) is 10.0 Å². The summed E-state index contributed by atoms with van der Waals surface area (Å²) in [5.74, 6) is 0. The second-order valence-corrected chi connectivity index (χ2v) is 8.14. The maximum absolute atomic E-state index is 13.0. The molecule has 0 radical (unpaired) electrons. The molecule has 3 heterocycles. The molecule has 6 nitrogen and oxygen atoms in total. The molecule has 7 heteroatoms. The number of sulfonamides is 1. The topological polar surface area (TPSA) is 66.4 Å². The molecule has 1 aliphatic heterocycles. The smallest absolute Gasteiger partial charge is 0.245 e. The summed E-state index contributed by atoms with van der Waals surface area (Å²) < 4.78 is 27.5. The number of pyridine rings is 2. The highest BCUT2D eigenvalue weighted by Gasteiger charge is 2.37. The summed E-state index contributed by atoms with van der Waals surface area (Å²) in [6, 6.07) is 6.99. The number of aromatic nitrogens is 2. The Kier molecular flexibility index (Phi) is 4.56. The lowest BCUT2D eigenvalue weighted by Crippen LogP contribution is -2.31. The van der Waals surface area contributed by atoms with Crippen molar-refractivity contribution < 1.29 is 8.42 Å². The van der Waals surface area contributed by atoms with Crippen molar-refractivity contribution in [3.8, 4) is 0 Å². The third-order valence-electron chi connectivity index (χ3n) is 4.26. The van der Waals surface area contributed by atoms with Gasteiger partial charge < -0.3 is 4.90 Å². The maximum atomic E-state index is 13.0. The number of hydrogen-bond donors (Lipinski definition) is 0. The molecule has 0 aliphatic carbocycles. The molecular formula is C17H22N4O2S. The zero-order valence-corrected chi connectivity index (χ0v) is 15.0. The highest BCUT2D eigenvalue weighted by atomic mass is 32.2. The van der Waals surface area contributed by atoms with Gasteiger partial charge in [0.15, 0.2) is 0 Å². The lowest BCUT2D eigenvalue weighted by atomic mass is 10.1. The predicted molar refractivity (Wildman–Crippen MR) is 93.4 cm³/mol. The zero-order chi connectivity index (χ0) is 17.3. The van der Waals surface area contributed by atoms with E-state index in [1.165, 1.54) is 6.20 Å². The summed E-state index contributed by atoms with van der Waals surface area (Å²) in [5.41, 5.74) is 2.73. The minimum Gasteiger partial charge on any atom is -0.378 e. The molecule has 2 aromatic rings. The van der Waals surface area contributed by atoms with E-state index < -0.39 is 10.0 Å². The van der Waals surface area contributed by atoms with Crippen molar-refractivity contribution in [2.24, 2.45) is 0 Å². The van der Waals surface area contributed by atoms with Crippen LogP contribution < -0.4 is 4.90 Å². The summed E-state index contributed by atoms with van der Waals surface area (Å²) in [5, 5.41) is 0. The van der Waals surface area contributed by atoms with Gasteiger partial charge >= 0.3 is 0 Å². The van der Waals surface area contributed by atoms with Crippen LogP contribution >= 0.6 is 0 Å². The van der Waals surface area contributed by atoms with Crippen LogP contribution in [0.5, 0.6) is 0 Å². The van der Waals surface area contributed by atoms with Crippen LogP contribution in [0.25, 0.3) is 0 Å². The lowest BCUT2D eigenvalue weighted by Gasteiger charge is -2.25. The van der Waals surface area contributed by atoms with E-state index in [1.54, 1.807) is 22.6 Å². The summed E-state index contributed by atoms with van der Waals surface area (Å²) >= 11 is 0. The van der Waals surface area contributed by atoms with Crippen LogP contribution in [0.15, 0.2) is 41.6 Å². The molecule has 0 aromatic carbocycles. The molecule has 0 saturated carbocycles. The van der Waals surface area contributed by atoms with Gasteiger partial charge in [-0.05, 0) is 44.0 Å². The molecule has 1 aliphatic rings. The van der Waals surface area contributed by atoms with E-state index in [1.807, 2.05) is 38.1 Å². The van der Waals surface area contributed by atoms with Crippen LogP contribution in [0.2, 0.25) is 0 Å². The fraction of sp³-hybridized carbons (Fsp3) is 0.412. The first-order valence-electron chi connectivity index (χ1n) is 7.97. The number of aryl methyl sites for hydroxylation is 1. The van der Waals surface area contributed by atoms with E-state index in [0.717, 1.165) is 29.9 Å². The van der Waals surface area contributed by atoms with Crippen molar-refractivity contribution in [2.45, 2.75) is 30.7 Å². The van der Waals surface area contributed by atoms with Crippen molar-refractivity contribution in [3.05, 3.63) is 48.0 Å². The summed E-state index contributed by atoms with van der Waals surface area (Å²) in [6.45, 7) is 2.44. The molecule has 0 N–H and O–H groups in total. The van der Waals surface area contributed by atoms with E-state index in [2.05, 4.69) is 9.97 Å². The van der Waals surface area contributed by atoms with Crippen LogP contribution in [0.3, 0.4) is 0 Å². The highest BCUT2D eigenvalue weighted by molar-refractivity contribution is 7.89. The van der Waals surface area contributed by atoms with Crippen molar-refractivity contribution in [2.75, 3.05) is 25.5 Å². The van der Waals surface area contributed by atoms with Crippen LogP contribution in [-0.2, 0) is 10.0 Å². The Morgan fingerprint density at radius 3 is 2.75 bits per heavy atom. The Balaban J connectivity index is 2.00. The van der Waals surface area contributed by atoms with Crippen LogP contribution in [-0.4, -0.2) is 43.3 Å². The van der Waals surface area contributed by atoms with Crippen molar-refractivity contribution in [1.82, 2.24) is 14.3 Å². The third kappa shape index (κ3) is 3.14. The lowest BCUT2D eigenvalue weighted by molar-refractivity contribution is 0.390. The molecule has 1 fully saturated rings. The molecule has 1 saturated heterocycles. The van der Waals surface area contributed by atoms with Gasteiger partial charge in [-0.1, -0.05) is 0 Å². The molecule has 3 rings (SSSR count). The molecule has 1 atom stereocenters. The second kappa shape index (κ2) is 6.49. The number of nitrogens with zero attached hydrogens (tertiary/aromatic N) is 4. The van der Waals surface area contributed by atoms with Gasteiger partial charge in [-0.25, -0.2) is 8.42 Å². The molecule has 24 heavy (non-hydrogen) atoms. The van der Waals surface area contributed by atoms with Gasteiger partial charge in [0.05, 0.1) is 11.7 Å². The largest absolute Gasteiger partial charge is 0.378 e. The minimum atomic E-state index is -3.56. The SMILES string of the molecule is Cc1cc(N(C)C)cc([C@H]2CCCN2S(=O)(=O)c2cccnc2)n1. The van der Waals surface area contributed by atoms with E-state index >= 15 is 0 Å². The van der Waals surface area contributed by atoms with E-state index in [4.69, 9.17) is 0 Å². The van der Waals surface area contributed by atoms with Crippen LogP contribution in [0.1, 0.15) is 30.3 Å². The molecule has 0 spiro atoms. The number of anilines is 1. The predicted octanol–water partition coefficient (Wildman–Crippen LogP) is 2.38. The fourth-order valence-electron chi connectivity index (χ4n) is 3.06. The summed E-state index contributed by atoms with van der Waals surface area (Å²) in [6.07, 6.45) is 4.59. The van der Waals surface area contributed by atoms with Crippen molar-refractivity contribution in [3.63, 3.8) is 0 Å². The molecular weight excluding hydrogens is 324 g/mol. The van der Waals surface area contributed by atoms with E-state index in [0.29, 0.717) is 6.54 Å². The van der Waals surface area contributed by atoms with Gasteiger partial charge in [-0.3, -0.25) is 9.97 Å². The molecule has 0 amide bonds. The van der Waals surface area contributed by atoms with E-state index in [9.17, 15) is 8.42 Å². The molecule has 128 valence electrons. The highest BCUT2D eigenvalue weighted by Crippen LogP contribution is 2.36. The average molecular weight is 346 g/mol. The average Bonchev–Trinajstić information content (AvgIpc) is 3.05. The Labute approximate surface area is 143 Å². The summed E-state index contributed by atoms with van der Waals surface area (Å²) in [7, 11) is 0.374. The second-order valence-electron chi connectivity index (χ2n) is 6.25. The Bertz CT molecular complexity index is 822. The van der Waals surface area contributed by atoms with Crippen molar-refractivity contribution >= 4 is 15.7 Å². The van der Waals surface area contributed by atoms with Gasteiger partial charge in [0.25, 0.3) is 0 Å².